The van der Waals surface area contributed by atoms with Gasteiger partial charge in [0, 0.05) is 12.8 Å². The van der Waals surface area contributed by atoms with Crippen LogP contribution in [0.1, 0.15) is 12.8 Å². The minimum atomic E-state index is 0.351. The third kappa shape index (κ3) is 3.16. The molecule has 0 atom stereocenters. The number of unbranched alkanes of at least 4 members (excludes halogenated alkanes) is 1. The van der Waals surface area contributed by atoms with Gasteiger partial charge in [0.25, 0.3) is 0 Å². The maximum atomic E-state index is 9.41. The summed E-state index contributed by atoms with van der Waals surface area (Å²) >= 11 is 0. The minimum Gasteiger partial charge on any atom is -0.303 e. The number of nitrogens with zero attached hydrogens (tertiary/aromatic N) is 1. The predicted molar refractivity (Wildman–Crippen MR) is 20.9 cm³/mol. The molecule has 0 aliphatic carbocycles. The third-order valence-electron chi connectivity index (χ3n) is 0.374. The summed E-state index contributed by atoms with van der Waals surface area (Å²) in [4.78, 5) is 9.41. The van der Waals surface area contributed by atoms with E-state index in [1.54, 1.807) is 0 Å². The van der Waals surface area contributed by atoms with E-state index in [1.165, 1.54) is 0 Å². The lowest BCUT2D eigenvalue weighted by molar-refractivity contribution is -0.107. The van der Waals surface area contributed by atoms with Crippen LogP contribution in [0.2, 0.25) is 0 Å². The molecule has 0 amide bonds. The molecule has 32 valence electrons. The van der Waals surface area contributed by atoms with Gasteiger partial charge in [-0.1, -0.05) is 0 Å². The van der Waals surface area contributed by atoms with Gasteiger partial charge < -0.3 is 4.79 Å². The van der Waals surface area contributed by atoms with Crippen molar-refractivity contribution in [3.63, 3.8) is 0 Å². The molecule has 0 heterocycles. The van der Waals surface area contributed by atoms with Crippen molar-refractivity contribution in [2.45, 2.75) is 12.8 Å². The Morgan fingerprint density at radius 3 is 2.67 bits per heavy atom. The standard InChI is InChI=1S/C4H5NO/c5-3-1-2-4-6/h4H,1-2H2. The molecule has 0 radical (unpaired) electrons. The van der Waals surface area contributed by atoms with Crippen LogP contribution in [-0.2, 0) is 4.79 Å². The molecule has 0 aromatic rings. The normalized spacial score (nSPS) is 6.50. The highest BCUT2D eigenvalue weighted by Gasteiger charge is 1.73. The van der Waals surface area contributed by atoms with Crippen LogP contribution < -0.4 is 0 Å². The van der Waals surface area contributed by atoms with Gasteiger partial charge in [-0.05, 0) is 0 Å². The number of nitriles is 1. The number of rotatable bonds is 2. The van der Waals surface area contributed by atoms with Gasteiger partial charge in [0.1, 0.15) is 6.29 Å². The highest BCUT2D eigenvalue weighted by Crippen LogP contribution is 1.75. The zero-order chi connectivity index (χ0) is 4.83. The number of hydrogen-bond acceptors (Lipinski definition) is 2. The zero-order valence-electron chi connectivity index (χ0n) is 3.35. The van der Waals surface area contributed by atoms with E-state index >= 15 is 0 Å². The molecule has 0 rings (SSSR count). The summed E-state index contributed by atoms with van der Waals surface area (Å²) in [5.41, 5.74) is 0. The van der Waals surface area contributed by atoms with Crippen molar-refractivity contribution in [1.82, 2.24) is 0 Å². The van der Waals surface area contributed by atoms with Crippen molar-refractivity contribution in [1.29, 1.82) is 5.26 Å². The fourth-order valence-corrected chi connectivity index (χ4v) is 0.123. The lowest BCUT2D eigenvalue weighted by Gasteiger charge is -1.66. The molecular formula is C4H5NO. The molecule has 0 bridgehead atoms. The Balaban J connectivity index is 2.72. The van der Waals surface area contributed by atoms with E-state index in [2.05, 4.69) is 0 Å². The smallest absolute Gasteiger partial charge is 0.121 e. The Bertz CT molecular complexity index is 72.1. The first-order valence-electron chi connectivity index (χ1n) is 1.72. The topological polar surface area (TPSA) is 40.9 Å². The van der Waals surface area contributed by atoms with Crippen LogP contribution in [0.15, 0.2) is 0 Å². The second kappa shape index (κ2) is 4.16. The molecule has 0 aliphatic rings. The van der Waals surface area contributed by atoms with Gasteiger partial charge in [-0.15, -0.1) is 0 Å². The lowest BCUT2D eigenvalue weighted by atomic mass is 10.4. The number of aldehydes is 1. The molecule has 0 unspecified atom stereocenters. The summed E-state index contributed by atoms with van der Waals surface area (Å²) < 4.78 is 0. The van der Waals surface area contributed by atoms with Crippen LogP contribution in [0.25, 0.3) is 0 Å². The van der Waals surface area contributed by atoms with Gasteiger partial charge >= 0.3 is 0 Å². The Kier molecular flexibility index (Phi) is 3.58. The largest absolute Gasteiger partial charge is 0.303 e. The van der Waals surface area contributed by atoms with Crippen molar-refractivity contribution in [2.24, 2.45) is 0 Å². The van der Waals surface area contributed by atoms with Crippen molar-refractivity contribution >= 4 is 6.29 Å². The Labute approximate surface area is 36.4 Å². The Hall–Kier alpha value is -0.840. The number of carbonyl (C=O) groups excluding carboxylic acids is 1. The monoisotopic (exact) mass is 83.0 g/mol. The van der Waals surface area contributed by atoms with E-state index in [9.17, 15) is 4.79 Å². The zero-order valence-corrected chi connectivity index (χ0v) is 3.35. The highest BCUT2D eigenvalue weighted by atomic mass is 16.1. The second-order valence-corrected chi connectivity index (χ2v) is 0.863. The van der Waals surface area contributed by atoms with Crippen LogP contribution >= 0.6 is 0 Å². The van der Waals surface area contributed by atoms with Crippen LogP contribution in [0, 0.1) is 11.3 Å². The molecule has 0 aromatic heterocycles. The van der Waals surface area contributed by atoms with Gasteiger partial charge in [0.15, 0.2) is 0 Å². The van der Waals surface area contributed by atoms with E-state index in [-0.39, 0.29) is 0 Å². The quantitative estimate of drug-likeness (QED) is 0.360. The number of carbonyl (C=O) groups is 1. The molecule has 0 N–H and O–H groups in total. The van der Waals surface area contributed by atoms with Crippen molar-refractivity contribution in [3.8, 4) is 6.07 Å². The van der Waals surface area contributed by atoms with Gasteiger partial charge in [0.2, 0.25) is 0 Å². The summed E-state index contributed by atoms with van der Waals surface area (Å²) in [5.74, 6) is 0. The molecule has 6 heavy (non-hydrogen) atoms. The molecule has 2 nitrogen and oxygen atoms in total. The summed E-state index contributed by atoms with van der Waals surface area (Å²) in [6.07, 6.45) is 1.46. The Morgan fingerprint density at radius 1 is 1.83 bits per heavy atom. The molecule has 0 fully saturated rings. The molecular weight excluding hydrogens is 78.0 g/mol. The van der Waals surface area contributed by atoms with Gasteiger partial charge in [-0.2, -0.15) is 5.26 Å². The van der Waals surface area contributed by atoms with Crippen LogP contribution in [0.5, 0.6) is 0 Å². The van der Waals surface area contributed by atoms with E-state index in [0.717, 1.165) is 6.29 Å². The van der Waals surface area contributed by atoms with E-state index in [0.29, 0.717) is 12.8 Å². The van der Waals surface area contributed by atoms with Crippen LogP contribution in [0.3, 0.4) is 0 Å². The average molecular weight is 83.1 g/mol. The average Bonchev–Trinajstić information content (AvgIpc) is 1.61. The first-order chi connectivity index (χ1) is 2.91. The second-order valence-electron chi connectivity index (χ2n) is 0.863. The van der Waals surface area contributed by atoms with Crippen molar-refractivity contribution < 1.29 is 4.79 Å². The van der Waals surface area contributed by atoms with Crippen molar-refractivity contribution in [3.05, 3.63) is 0 Å². The van der Waals surface area contributed by atoms with Gasteiger partial charge in [0.05, 0.1) is 6.07 Å². The van der Waals surface area contributed by atoms with Gasteiger partial charge in [-0.3, -0.25) is 0 Å². The Morgan fingerprint density at radius 2 is 2.50 bits per heavy atom. The molecule has 0 aromatic carbocycles. The van der Waals surface area contributed by atoms with Crippen molar-refractivity contribution in [2.75, 3.05) is 0 Å². The van der Waals surface area contributed by atoms with Crippen LogP contribution in [-0.4, -0.2) is 6.29 Å². The summed E-state index contributed by atoms with van der Waals surface area (Å²) in [6, 6.07) is 1.84. The molecule has 0 saturated carbocycles. The SMILES string of the molecule is N#CCCC=O. The third-order valence-corrected chi connectivity index (χ3v) is 0.374. The predicted octanol–water partition coefficient (Wildman–Crippen LogP) is 0.489. The van der Waals surface area contributed by atoms with E-state index in [4.69, 9.17) is 5.26 Å². The summed E-state index contributed by atoms with van der Waals surface area (Å²) in [7, 11) is 0. The van der Waals surface area contributed by atoms with Gasteiger partial charge in [-0.25, -0.2) is 0 Å². The van der Waals surface area contributed by atoms with E-state index in [1.807, 2.05) is 6.07 Å². The molecule has 0 saturated heterocycles. The van der Waals surface area contributed by atoms with E-state index < -0.39 is 0 Å². The lowest BCUT2D eigenvalue weighted by Crippen LogP contribution is -1.67. The fourth-order valence-electron chi connectivity index (χ4n) is 0.123. The highest BCUT2D eigenvalue weighted by molar-refractivity contribution is 5.49. The first-order valence-corrected chi connectivity index (χ1v) is 1.72. The molecule has 0 aliphatic heterocycles. The molecule has 0 spiro atoms. The fraction of sp³-hybridized carbons (Fsp3) is 0.500. The maximum Gasteiger partial charge on any atom is 0.121 e. The number of hydrogen-bond donors (Lipinski definition) is 0. The maximum absolute atomic E-state index is 9.41. The minimum absolute atomic E-state index is 0.351. The molecule has 2 heteroatoms. The first kappa shape index (κ1) is 5.16. The summed E-state index contributed by atoms with van der Waals surface area (Å²) in [5, 5.41) is 7.79. The summed E-state index contributed by atoms with van der Waals surface area (Å²) in [6.45, 7) is 0. The van der Waals surface area contributed by atoms with Crippen LogP contribution in [0.4, 0.5) is 0 Å².